The lowest BCUT2D eigenvalue weighted by molar-refractivity contribution is 0.606. The van der Waals surface area contributed by atoms with Crippen LogP contribution in [0.2, 0.25) is 0 Å². The van der Waals surface area contributed by atoms with Gasteiger partial charge in [0.15, 0.2) is 0 Å². The number of aromatic nitrogens is 1. The first-order valence-corrected chi connectivity index (χ1v) is 6.91. The second-order valence-electron chi connectivity index (χ2n) is 4.35. The zero-order valence-corrected chi connectivity index (χ0v) is 10.8. The van der Waals surface area contributed by atoms with Gasteiger partial charge in [-0.05, 0) is 44.4 Å². The van der Waals surface area contributed by atoms with Gasteiger partial charge in [-0.1, -0.05) is 0 Å². The van der Waals surface area contributed by atoms with E-state index in [0.29, 0.717) is 6.04 Å². The molecule has 2 nitrogen and oxygen atoms in total. The molecular weight excluding hydrogens is 216 g/mol. The molecule has 0 radical (unpaired) electrons. The second kappa shape index (κ2) is 4.42. The molecule has 0 unspecified atom stereocenters. The molecule has 86 valence electrons. The summed E-state index contributed by atoms with van der Waals surface area (Å²) in [6.45, 7) is 4.44. The van der Waals surface area contributed by atoms with E-state index in [1.807, 2.05) is 17.8 Å². The van der Waals surface area contributed by atoms with E-state index in [1.54, 1.807) is 0 Å². The van der Waals surface area contributed by atoms with Crippen LogP contribution in [-0.2, 0) is 5.75 Å². The van der Waals surface area contributed by atoms with E-state index in [9.17, 15) is 0 Å². The number of thioether (sulfide) groups is 1. The number of anilines is 1. The van der Waals surface area contributed by atoms with Gasteiger partial charge in [-0.2, -0.15) is 11.8 Å². The molecule has 0 aliphatic rings. The average Bonchev–Trinajstić information content (AvgIpc) is 2.55. The highest BCUT2D eigenvalue weighted by atomic mass is 32.2. The van der Waals surface area contributed by atoms with Crippen LogP contribution in [0.1, 0.15) is 25.6 Å². The van der Waals surface area contributed by atoms with Crippen LogP contribution in [0.15, 0.2) is 24.3 Å². The average molecular weight is 234 g/mol. The number of hydrogen-bond donors (Lipinski definition) is 1. The summed E-state index contributed by atoms with van der Waals surface area (Å²) in [7, 11) is 0. The molecule has 0 amide bonds. The molecular formula is C13H18N2S. The van der Waals surface area contributed by atoms with E-state index >= 15 is 0 Å². The summed E-state index contributed by atoms with van der Waals surface area (Å²) in [6, 6.07) is 8.89. The highest BCUT2D eigenvalue weighted by Crippen LogP contribution is 2.27. The third-order valence-electron chi connectivity index (χ3n) is 2.75. The summed E-state index contributed by atoms with van der Waals surface area (Å²) < 4.78 is 2.39. The Hall–Kier alpha value is -1.09. The summed E-state index contributed by atoms with van der Waals surface area (Å²) in [4.78, 5) is 0. The molecule has 0 aliphatic carbocycles. The summed E-state index contributed by atoms with van der Waals surface area (Å²) in [5.41, 5.74) is 9.32. The van der Waals surface area contributed by atoms with Crippen molar-refractivity contribution < 1.29 is 0 Å². The van der Waals surface area contributed by atoms with Crippen molar-refractivity contribution in [1.29, 1.82) is 0 Å². The van der Waals surface area contributed by atoms with Crippen LogP contribution in [0, 0.1) is 0 Å². The summed E-state index contributed by atoms with van der Waals surface area (Å²) >= 11 is 1.85. The Morgan fingerprint density at radius 3 is 2.69 bits per heavy atom. The maximum atomic E-state index is 5.82. The normalized spacial score (nSPS) is 11.5. The van der Waals surface area contributed by atoms with Crippen molar-refractivity contribution >= 4 is 28.4 Å². The van der Waals surface area contributed by atoms with Crippen molar-refractivity contribution in [2.24, 2.45) is 0 Å². The van der Waals surface area contributed by atoms with Crippen LogP contribution in [0.3, 0.4) is 0 Å². The van der Waals surface area contributed by atoms with Crippen molar-refractivity contribution in [2.75, 3.05) is 12.0 Å². The van der Waals surface area contributed by atoms with Gasteiger partial charge in [0.05, 0.1) is 0 Å². The first-order chi connectivity index (χ1) is 7.63. The van der Waals surface area contributed by atoms with Gasteiger partial charge in [-0.3, -0.25) is 0 Å². The summed E-state index contributed by atoms with van der Waals surface area (Å²) in [5.74, 6) is 1.05. The van der Waals surface area contributed by atoms with Gasteiger partial charge in [0, 0.05) is 34.1 Å². The highest BCUT2D eigenvalue weighted by Gasteiger charge is 2.10. The van der Waals surface area contributed by atoms with Crippen LogP contribution in [0.5, 0.6) is 0 Å². The predicted octanol–water partition coefficient (Wildman–Crippen LogP) is 3.67. The zero-order valence-electron chi connectivity index (χ0n) is 10.0. The Kier molecular flexibility index (Phi) is 3.15. The van der Waals surface area contributed by atoms with Crippen LogP contribution in [0.25, 0.3) is 10.9 Å². The fourth-order valence-electron chi connectivity index (χ4n) is 2.18. The smallest absolute Gasteiger partial charge is 0.0486 e. The largest absolute Gasteiger partial charge is 0.399 e. The minimum Gasteiger partial charge on any atom is -0.399 e. The highest BCUT2D eigenvalue weighted by molar-refractivity contribution is 7.97. The molecule has 0 spiro atoms. The zero-order chi connectivity index (χ0) is 11.7. The van der Waals surface area contributed by atoms with Crippen molar-refractivity contribution in [3.8, 4) is 0 Å². The fraction of sp³-hybridized carbons (Fsp3) is 0.385. The topological polar surface area (TPSA) is 30.9 Å². The van der Waals surface area contributed by atoms with Crippen molar-refractivity contribution in [3.05, 3.63) is 30.0 Å². The van der Waals surface area contributed by atoms with Crippen LogP contribution in [0.4, 0.5) is 5.69 Å². The standard InChI is InChI=1S/C13H18N2S/c1-9(2)15-12(8-16-3)7-10-6-11(14)4-5-13(10)15/h4-7,9H,8,14H2,1-3H3. The number of nitrogen functional groups attached to an aromatic ring is 1. The molecule has 0 fully saturated rings. The van der Waals surface area contributed by atoms with Crippen molar-refractivity contribution in [3.63, 3.8) is 0 Å². The molecule has 1 heterocycles. The molecule has 2 rings (SSSR count). The van der Waals surface area contributed by atoms with E-state index in [-0.39, 0.29) is 0 Å². The number of benzene rings is 1. The van der Waals surface area contributed by atoms with Crippen molar-refractivity contribution in [2.45, 2.75) is 25.6 Å². The van der Waals surface area contributed by atoms with Gasteiger partial charge < -0.3 is 10.3 Å². The molecule has 0 saturated carbocycles. The minimum atomic E-state index is 0.489. The molecule has 2 N–H and O–H groups in total. The molecule has 0 atom stereocenters. The SMILES string of the molecule is CSCc1cc2cc(N)ccc2n1C(C)C. The van der Waals surface area contributed by atoms with Gasteiger partial charge in [-0.25, -0.2) is 0 Å². The predicted molar refractivity (Wildman–Crippen MR) is 74.0 cm³/mol. The quantitative estimate of drug-likeness (QED) is 0.821. The third-order valence-corrected chi connectivity index (χ3v) is 3.34. The molecule has 16 heavy (non-hydrogen) atoms. The molecule has 1 aromatic carbocycles. The monoisotopic (exact) mass is 234 g/mol. The van der Waals surface area contributed by atoms with E-state index in [4.69, 9.17) is 5.73 Å². The number of nitrogens with zero attached hydrogens (tertiary/aromatic N) is 1. The van der Waals surface area contributed by atoms with Crippen LogP contribution < -0.4 is 5.73 Å². The second-order valence-corrected chi connectivity index (χ2v) is 5.22. The van der Waals surface area contributed by atoms with Crippen LogP contribution >= 0.6 is 11.8 Å². The van der Waals surface area contributed by atoms with Gasteiger partial charge in [0.25, 0.3) is 0 Å². The number of hydrogen-bond acceptors (Lipinski definition) is 2. The van der Waals surface area contributed by atoms with Gasteiger partial charge in [0.1, 0.15) is 0 Å². The Bertz CT molecular complexity index is 500. The van der Waals surface area contributed by atoms with E-state index < -0.39 is 0 Å². The molecule has 0 saturated heterocycles. The number of fused-ring (bicyclic) bond motifs is 1. The minimum absolute atomic E-state index is 0.489. The van der Waals surface area contributed by atoms with Gasteiger partial charge >= 0.3 is 0 Å². The van der Waals surface area contributed by atoms with E-state index in [2.05, 4.69) is 42.9 Å². The van der Waals surface area contributed by atoms with Crippen molar-refractivity contribution in [1.82, 2.24) is 4.57 Å². The summed E-state index contributed by atoms with van der Waals surface area (Å²) in [5, 5.41) is 1.25. The first-order valence-electron chi connectivity index (χ1n) is 5.51. The van der Waals surface area contributed by atoms with E-state index in [1.165, 1.54) is 16.6 Å². The van der Waals surface area contributed by atoms with Crippen LogP contribution in [-0.4, -0.2) is 10.8 Å². The number of nitrogens with two attached hydrogens (primary N) is 1. The first kappa shape index (κ1) is 11.4. The van der Waals surface area contributed by atoms with Gasteiger partial charge in [0.2, 0.25) is 0 Å². The lowest BCUT2D eigenvalue weighted by Crippen LogP contribution is -2.04. The Labute approximate surface area is 101 Å². The Morgan fingerprint density at radius 2 is 2.06 bits per heavy atom. The molecule has 2 aromatic rings. The third kappa shape index (κ3) is 1.92. The maximum absolute atomic E-state index is 5.82. The van der Waals surface area contributed by atoms with Gasteiger partial charge in [-0.15, -0.1) is 0 Å². The molecule has 0 aliphatic heterocycles. The lowest BCUT2D eigenvalue weighted by Gasteiger charge is -2.14. The summed E-state index contributed by atoms with van der Waals surface area (Å²) in [6.07, 6.45) is 2.14. The lowest BCUT2D eigenvalue weighted by atomic mass is 10.2. The molecule has 0 bridgehead atoms. The number of rotatable bonds is 3. The Balaban J connectivity index is 2.65. The van der Waals surface area contributed by atoms with E-state index in [0.717, 1.165) is 11.4 Å². The molecule has 1 aromatic heterocycles. The molecule has 3 heteroatoms. The maximum Gasteiger partial charge on any atom is 0.0486 e. The fourth-order valence-corrected chi connectivity index (χ4v) is 2.70. The Morgan fingerprint density at radius 1 is 1.31 bits per heavy atom.